The van der Waals surface area contributed by atoms with Crippen LogP contribution >= 0.6 is 11.6 Å². The van der Waals surface area contributed by atoms with Crippen molar-refractivity contribution in [1.29, 1.82) is 0 Å². The topological polar surface area (TPSA) is 49.8 Å². The van der Waals surface area contributed by atoms with Crippen LogP contribution in [0.3, 0.4) is 0 Å². The first-order chi connectivity index (χ1) is 11.3. The summed E-state index contributed by atoms with van der Waals surface area (Å²) in [4.78, 5) is 7.71. The van der Waals surface area contributed by atoms with E-state index in [-0.39, 0.29) is 17.6 Å². The maximum Gasteiger partial charge on any atom is 0.433 e. The van der Waals surface area contributed by atoms with E-state index in [2.05, 4.69) is 20.6 Å². The van der Waals surface area contributed by atoms with Crippen molar-refractivity contribution in [2.45, 2.75) is 38.0 Å². The quantitative estimate of drug-likeness (QED) is 0.815. The molecule has 3 rings (SSSR count). The second kappa shape index (κ2) is 6.57. The number of nitrogens with one attached hydrogen (secondary N) is 2. The van der Waals surface area contributed by atoms with Gasteiger partial charge in [-0.1, -0.05) is 17.7 Å². The molecule has 8 heteroatoms. The van der Waals surface area contributed by atoms with Gasteiger partial charge < -0.3 is 10.6 Å². The highest BCUT2D eigenvalue weighted by molar-refractivity contribution is 6.30. The van der Waals surface area contributed by atoms with Crippen molar-refractivity contribution in [3.05, 3.63) is 46.7 Å². The van der Waals surface area contributed by atoms with Gasteiger partial charge in [0.15, 0.2) is 5.69 Å². The molecule has 1 fully saturated rings. The molecule has 1 aliphatic carbocycles. The van der Waals surface area contributed by atoms with Crippen molar-refractivity contribution in [3.63, 3.8) is 0 Å². The van der Waals surface area contributed by atoms with Crippen LogP contribution in [0.1, 0.15) is 37.1 Å². The van der Waals surface area contributed by atoms with Gasteiger partial charge in [0.25, 0.3) is 0 Å². The van der Waals surface area contributed by atoms with Crippen LogP contribution < -0.4 is 10.6 Å². The monoisotopic (exact) mass is 356 g/mol. The van der Waals surface area contributed by atoms with E-state index < -0.39 is 17.9 Å². The van der Waals surface area contributed by atoms with Gasteiger partial charge in [0.05, 0.1) is 0 Å². The van der Waals surface area contributed by atoms with E-state index in [9.17, 15) is 13.2 Å². The minimum Gasteiger partial charge on any atom is -0.324 e. The van der Waals surface area contributed by atoms with Crippen LogP contribution in [-0.4, -0.2) is 16.0 Å². The minimum atomic E-state index is -4.55. The Bertz CT molecular complexity index is 732. The second-order valence-corrected chi connectivity index (χ2v) is 6.23. The molecule has 0 saturated heterocycles. The van der Waals surface area contributed by atoms with E-state index in [0.717, 1.165) is 12.8 Å². The largest absolute Gasteiger partial charge is 0.433 e. The minimum absolute atomic E-state index is 0.0473. The zero-order chi connectivity index (χ0) is 17.3. The average Bonchev–Trinajstić information content (AvgIpc) is 3.30. The molecule has 24 heavy (non-hydrogen) atoms. The Morgan fingerprint density at radius 3 is 2.67 bits per heavy atom. The van der Waals surface area contributed by atoms with Crippen LogP contribution in [0.5, 0.6) is 0 Å². The first kappa shape index (κ1) is 17.0. The molecule has 0 bridgehead atoms. The molecule has 1 aromatic carbocycles. The Kier molecular flexibility index (Phi) is 4.64. The summed E-state index contributed by atoms with van der Waals surface area (Å²) in [6, 6.07) is 6.44. The molecule has 128 valence electrons. The van der Waals surface area contributed by atoms with Crippen LogP contribution in [0.2, 0.25) is 5.02 Å². The van der Waals surface area contributed by atoms with Crippen molar-refractivity contribution < 1.29 is 13.2 Å². The molecular weight excluding hydrogens is 341 g/mol. The van der Waals surface area contributed by atoms with Crippen LogP contribution in [0.25, 0.3) is 0 Å². The fourth-order valence-corrected chi connectivity index (χ4v) is 2.57. The van der Waals surface area contributed by atoms with E-state index >= 15 is 0 Å². The lowest BCUT2D eigenvalue weighted by Crippen LogP contribution is -2.25. The molecule has 1 saturated carbocycles. The van der Waals surface area contributed by atoms with Gasteiger partial charge in [-0.15, -0.1) is 0 Å². The van der Waals surface area contributed by atoms with Crippen molar-refractivity contribution >= 4 is 23.2 Å². The molecule has 0 radical (unpaired) electrons. The molecule has 1 unspecified atom stereocenters. The number of aromatic nitrogens is 2. The van der Waals surface area contributed by atoms with Gasteiger partial charge >= 0.3 is 6.18 Å². The fourth-order valence-electron chi connectivity index (χ4n) is 2.38. The molecule has 0 amide bonds. The standard InChI is InChI=1S/C16H16ClF3N4/c1-9(22-11-5-6-11)13-8-21-15(24-14(13)16(18,19)20)23-12-4-2-3-10(17)7-12/h2-4,7-9,11,22H,5-6H2,1H3,(H,21,23,24). The van der Waals surface area contributed by atoms with Crippen LogP contribution in [-0.2, 0) is 6.18 Å². The predicted octanol–water partition coefficient (Wildman–Crippen LogP) is 4.71. The molecule has 1 aliphatic rings. The highest BCUT2D eigenvalue weighted by Crippen LogP contribution is 2.35. The molecule has 1 atom stereocenters. The maximum atomic E-state index is 13.4. The van der Waals surface area contributed by atoms with Crippen molar-refractivity contribution in [2.24, 2.45) is 0 Å². The summed E-state index contributed by atoms with van der Waals surface area (Å²) in [5.74, 6) is -0.119. The summed E-state index contributed by atoms with van der Waals surface area (Å²) < 4.78 is 40.1. The van der Waals surface area contributed by atoms with Gasteiger partial charge in [-0.05, 0) is 38.0 Å². The Morgan fingerprint density at radius 2 is 2.04 bits per heavy atom. The summed E-state index contributed by atoms with van der Waals surface area (Å²) >= 11 is 5.87. The first-order valence-electron chi connectivity index (χ1n) is 7.55. The van der Waals surface area contributed by atoms with E-state index in [1.807, 2.05) is 0 Å². The summed E-state index contributed by atoms with van der Waals surface area (Å²) in [5, 5.41) is 6.36. The zero-order valence-electron chi connectivity index (χ0n) is 12.9. The molecule has 1 heterocycles. The Balaban J connectivity index is 1.89. The van der Waals surface area contributed by atoms with Gasteiger partial charge in [0.2, 0.25) is 5.95 Å². The van der Waals surface area contributed by atoms with Gasteiger partial charge in [0.1, 0.15) is 0 Å². The highest BCUT2D eigenvalue weighted by Gasteiger charge is 2.38. The predicted molar refractivity (Wildman–Crippen MR) is 86.3 cm³/mol. The molecule has 1 aromatic heterocycles. The van der Waals surface area contributed by atoms with Crippen molar-refractivity contribution in [3.8, 4) is 0 Å². The number of benzene rings is 1. The molecule has 0 spiro atoms. The maximum absolute atomic E-state index is 13.4. The molecular formula is C16H16ClF3N4. The number of nitrogens with zero attached hydrogens (tertiary/aromatic N) is 2. The van der Waals surface area contributed by atoms with E-state index in [1.165, 1.54) is 6.20 Å². The third-order valence-corrected chi connectivity index (χ3v) is 3.93. The van der Waals surface area contributed by atoms with Gasteiger partial charge in [-0.2, -0.15) is 13.2 Å². The van der Waals surface area contributed by atoms with Crippen molar-refractivity contribution in [1.82, 2.24) is 15.3 Å². The van der Waals surface area contributed by atoms with E-state index in [0.29, 0.717) is 10.7 Å². The lowest BCUT2D eigenvalue weighted by Gasteiger charge is -2.19. The fraction of sp³-hybridized carbons (Fsp3) is 0.375. The molecule has 2 aromatic rings. The number of alkyl halides is 3. The summed E-state index contributed by atoms with van der Waals surface area (Å²) in [7, 11) is 0. The Labute approximate surface area is 142 Å². The van der Waals surface area contributed by atoms with E-state index in [4.69, 9.17) is 11.6 Å². The third kappa shape index (κ3) is 4.15. The third-order valence-electron chi connectivity index (χ3n) is 3.70. The SMILES string of the molecule is CC(NC1CC1)c1cnc(Nc2cccc(Cl)c2)nc1C(F)(F)F. The summed E-state index contributed by atoms with van der Waals surface area (Å²) in [6.07, 6.45) is -1.35. The molecule has 0 aliphatic heterocycles. The summed E-state index contributed by atoms with van der Waals surface area (Å²) in [5.41, 5.74) is -0.360. The number of rotatable bonds is 5. The van der Waals surface area contributed by atoms with Crippen molar-refractivity contribution in [2.75, 3.05) is 5.32 Å². The number of hydrogen-bond acceptors (Lipinski definition) is 4. The number of anilines is 2. The van der Waals surface area contributed by atoms with Gasteiger partial charge in [-0.25, -0.2) is 9.97 Å². The van der Waals surface area contributed by atoms with Crippen LogP contribution in [0.15, 0.2) is 30.5 Å². The average molecular weight is 357 g/mol. The Hall–Kier alpha value is -1.86. The molecule has 4 nitrogen and oxygen atoms in total. The smallest absolute Gasteiger partial charge is 0.324 e. The zero-order valence-corrected chi connectivity index (χ0v) is 13.6. The second-order valence-electron chi connectivity index (χ2n) is 5.79. The summed E-state index contributed by atoms with van der Waals surface area (Å²) in [6.45, 7) is 1.69. The molecule has 2 N–H and O–H groups in total. The highest BCUT2D eigenvalue weighted by atomic mass is 35.5. The Morgan fingerprint density at radius 1 is 1.29 bits per heavy atom. The van der Waals surface area contributed by atoms with Gasteiger partial charge in [0, 0.05) is 34.6 Å². The van der Waals surface area contributed by atoms with E-state index in [1.54, 1.807) is 31.2 Å². The van der Waals surface area contributed by atoms with Crippen LogP contribution in [0, 0.1) is 0 Å². The van der Waals surface area contributed by atoms with Gasteiger partial charge in [-0.3, -0.25) is 0 Å². The first-order valence-corrected chi connectivity index (χ1v) is 7.93. The number of hydrogen-bond donors (Lipinski definition) is 2. The van der Waals surface area contributed by atoms with Crippen LogP contribution in [0.4, 0.5) is 24.8 Å². The lowest BCUT2D eigenvalue weighted by atomic mass is 10.1. The number of halogens is 4. The normalized spacial score (nSPS) is 16.0. The lowest BCUT2D eigenvalue weighted by molar-refractivity contribution is -0.142.